The van der Waals surface area contributed by atoms with Crippen LogP contribution >= 0.6 is 0 Å². The zero-order chi connectivity index (χ0) is 14.2. The van der Waals surface area contributed by atoms with E-state index in [-0.39, 0.29) is 0 Å². The van der Waals surface area contributed by atoms with Crippen molar-refractivity contribution in [3.8, 4) is 0 Å². The Bertz CT molecular complexity index is 581. The third kappa shape index (κ3) is 2.66. The maximum Gasteiger partial charge on any atom is 0.110 e. The number of nitrogens with zero attached hydrogens (tertiary/aromatic N) is 2. The Labute approximate surface area is 115 Å². The van der Waals surface area contributed by atoms with Crippen molar-refractivity contribution in [1.82, 2.24) is 9.55 Å². The van der Waals surface area contributed by atoms with Gasteiger partial charge in [-0.3, -0.25) is 0 Å². The summed E-state index contributed by atoms with van der Waals surface area (Å²) >= 11 is 0. The van der Waals surface area contributed by atoms with E-state index in [1.54, 1.807) is 0 Å². The molecule has 3 heteroatoms. The number of hydrogen-bond acceptors (Lipinski definition) is 2. The van der Waals surface area contributed by atoms with E-state index in [0.717, 1.165) is 17.8 Å². The van der Waals surface area contributed by atoms with Gasteiger partial charge in [0.05, 0.1) is 11.0 Å². The lowest BCUT2D eigenvalue weighted by molar-refractivity contribution is 0.517. The average Bonchev–Trinajstić information content (AvgIpc) is 2.65. The number of aromatic nitrogens is 2. The number of rotatable bonds is 4. The van der Waals surface area contributed by atoms with E-state index in [1.807, 2.05) is 0 Å². The van der Waals surface area contributed by atoms with Crippen molar-refractivity contribution in [2.75, 3.05) is 6.54 Å². The Morgan fingerprint density at radius 3 is 2.37 bits per heavy atom. The summed E-state index contributed by atoms with van der Waals surface area (Å²) in [5, 5.41) is 0. The van der Waals surface area contributed by atoms with E-state index >= 15 is 0 Å². The highest BCUT2D eigenvalue weighted by Gasteiger charge is 2.16. The lowest BCUT2D eigenvalue weighted by Gasteiger charge is -2.17. The van der Waals surface area contributed by atoms with E-state index in [4.69, 9.17) is 10.7 Å². The molecule has 0 aliphatic carbocycles. The second-order valence-corrected chi connectivity index (χ2v) is 6.01. The molecular formula is C16H25N3. The summed E-state index contributed by atoms with van der Waals surface area (Å²) in [5.74, 6) is 1.76. The molecule has 0 bridgehead atoms. The minimum atomic E-state index is 0.292. The van der Waals surface area contributed by atoms with Gasteiger partial charge in [0.25, 0.3) is 0 Å². The number of fused-ring (bicyclic) bond motifs is 1. The van der Waals surface area contributed by atoms with Gasteiger partial charge in [0.1, 0.15) is 5.82 Å². The largest absolute Gasteiger partial charge is 0.328 e. The molecule has 1 aromatic carbocycles. The van der Waals surface area contributed by atoms with E-state index in [0.29, 0.717) is 18.5 Å². The standard InChI is InChI=1S/C16H25N3/c1-10(2)6-16-18-14-7-11(3)12(4)8-15(14)19(16)13(5)9-17/h7-8,10,13H,6,9,17H2,1-5H3. The molecule has 1 unspecified atom stereocenters. The fourth-order valence-corrected chi connectivity index (χ4v) is 2.51. The van der Waals surface area contributed by atoms with E-state index < -0.39 is 0 Å². The van der Waals surface area contributed by atoms with Crippen molar-refractivity contribution in [3.05, 3.63) is 29.1 Å². The summed E-state index contributed by atoms with van der Waals surface area (Å²) in [5.41, 5.74) is 10.8. The third-order valence-electron chi connectivity index (χ3n) is 3.75. The van der Waals surface area contributed by atoms with Crippen molar-refractivity contribution in [2.45, 2.75) is 47.1 Å². The van der Waals surface area contributed by atoms with Gasteiger partial charge < -0.3 is 10.3 Å². The summed E-state index contributed by atoms with van der Waals surface area (Å²) < 4.78 is 2.32. The van der Waals surface area contributed by atoms with Crippen LogP contribution in [-0.4, -0.2) is 16.1 Å². The van der Waals surface area contributed by atoms with E-state index in [9.17, 15) is 0 Å². The molecule has 2 rings (SSSR count). The topological polar surface area (TPSA) is 43.8 Å². The zero-order valence-corrected chi connectivity index (χ0v) is 12.7. The van der Waals surface area contributed by atoms with Crippen molar-refractivity contribution in [3.63, 3.8) is 0 Å². The highest BCUT2D eigenvalue weighted by molar-refractivity contribution is 5.78. The number of imidazole rings is 1. The molecule has 1 atom stereocenters. The normalized spacial score (nSPS) is 13.4. The van der Waals surface area contributed by atoms with Crippen LogP contribution in [0.2, 0.25) is 0 Å². The van der Waals surface area contributed by atoms with Crippen LogP contribution in [0, 0.1) is 19.8 Å². The molecule has 3 nitrogen and oxygen atoms in total. The van der Waals surface area contributed by atoms with Gasteiger partial charge in [-0.1, -0.05) is 13.8 Å². The van der Waals surface area contributed by atoms with Gasteiger partial charge >= 0.3 is 0 Å². The Balaban J connectivity index is 2.66. The van der Waals surface area contributed by atoms with Gasteiger partial charge in [0.15, 0.2) is 0 Å². The molecule has 0 spiro atoms. The summed E-state index contributed by atoms with van der Waals surface area (Å²) in [4.78, 5) is 4.83. The number of nitrogens with two attached hydrogens (primary N) is 1. The molecule has 2 N–H and O–H groups in total. The van der Waals surface area contributed by atoms with Crippen LogP contribution in [0.25, 0.3) is 11.0 Å². The Morgan fingerprint density at radius 2 is 1.79 bits per heavy atom. The lowest BCUT2D eigenvalue weighted by atomic mass is 10.1. The van der Waals surface area contributed by atoms with Crippen LogP contribution in [0.4, 0.5) is 0 Å². The first-order chi connectivity index (χ1) is 8.93. The zero-order valence-electron chi connectivity index (χ0n) is 12.7. The Kier molecular flexibility index (Phi) is 3.95. The summed E-state index contributed by atoms with van der Waals surface area (Å²) in [6.07, 6.45) is 0.997. The monoisotopic (exact) mass is 259 g/mol. The summed E-state index contributed by atoms with van der Waals surface area (Å²) in [7, 11) is 0. The van der Waals surface area contributed by atoms with Crippen molar-refractivity contribution >= 4 is 11.0 Å². The Morgan fingerprint density at radius 1 is 1.16 bits per heavy atom. The molecule has 0 amide bonds. The SMILES string of the molecule is Cc1cc2nc(CC(C)C)n(C(C)CN)c2cc1C. The summed E-state index contributed by atoms with van der Waals surface area (Å²) in [6, 6.07) is 4.72. The maximum absolute atomic E-state index is 5.87. The fourth-order valence-electron chi connectivity index (χ4n) is 2.51. The van der Waals surface area contributed by atoms with Crippen molar-refractivity contribution < 1.29 is 0 Å². The van der Waals surface area contributed by atoms with Gasteiger partial charge in [-0.2, -0.15) is 0 Å². The van der Waals surface area contributed by atoms with Gasteiger partial charge in [-0.05, 0) is 49.9 Å². The quantitative estimate of drug-likeness (QED) is 0.915. The molecule has 1 heterocycles. The van der Waals surface area contributed by atoms with Gasteiger partial charge in [0.2, 0.25) is 0 Å². The minimum absolute atomic E-state index is 0.292. The molecule has 0 saturated heterocycles. The summed E-state index contributed by atoms with van der Waals surface area (Å²) in [6.45, 7) is 11.6. The molecule has 0 radical (unpaired) electrons. The molecule has 0 saturated carbocycles. The molecule has 0 fully saturated rings. The fraction of sp³-hybridized carbons (Fsp3) is 0.562. The average molecular weight is 259 g/mol. The lowest BCUT2D eigenvalue weighted by Crippen LogP contribution is -2.19. The first-order valence-electron chi connectivity index (χ1n) is 7.12. The van der Waals surface area contributed by atoms with E-state index in [1.165, 1.54) is 16.6 Å². The molecule has 2 aromatic rings. The van der Waals surface area contributed by atoms with Gasteiger partial charge in [0, 0.05) is 19.0 Å². The molecule has 19 heavy (non-hydrogen) atoms. The number of benzene rings is 1. The molecular weight excluding hydrogens is 234 g/mol. The van der Waals surface area contributed by atoms with Crippen LogP contribution < -0.4 is 5.73 Å². The maximum atomic E-state index is 5.87. The predicted molar refractivity (Wildman–Crippen MR) is 81.5 cm³/mol. The van der Waals surface area contributed by atoms with Crippen LogP contribution in [0.3, 0.4) is 0 Å². The first-order valence-corrected chi connectivity index (χ1v) is 7.12. The van der Waals surface area contributed by atoms with Crippen LogP contribution in [0.5, 0.6) is 0 Å². The third-order valence-corrected chi connectivity index (χ3v) is 3.75. The molecule has 104 valence electrons. The minimum Gasteiger partial charge on any atom is -0.328 e. The second kappa shape index (κ2) is 5.33. The molecule has 0 aliphatic heterocycles. The molecule has 1 aromatic heterocycles. The Hall–Kier alpha value is -1.35. The number of aryl methyl sites for hydroxylation is 2. The number of hydrogen-bond donors (Lipinski definition) is 1. The van der Waals surface area contributed by atoms with Crippen molar-refractivity contribution in [1.29, 1.82) is 0 Å². The van der Waals surface area contributed by atoms with Gasteiger partial charge in [-0.25, -0.2) is 4.98 Å². The predicted octanol–water partition coefficient (Wildman–Crippen LogP) is 3.37. The highest BCUT2D eigenvalue weighted by atomic mass is 15.1. The first kappa shape index (κ1) is 14.1. The van der Waals surface area contributed by atoms with Gasteiger partial charge in [-0.15, -0.1) is 0 Å². The smallest absolute Gasteiger partial charge is 0.110 e. The van der Waals surface area contributed by atoms with E-state index in [2.05, 4.69) is 51.3 Å². The van der Waals surface area contributed by atoms with Crippen LogP contribution in [-0.2, 0) is 6.42 Å². The van der Waals surface area contributed by atoms with Crippen molar-refractivity contribution in [2.24, 2.45) is 11.7 Å². The van der Waals surface area contributed by atoms with Crippen LogP contribution in [0.15, 0.2) is 12.1 Å². The highest BCUT2D eigenvalue weighted by Crippen LogP contribution is 2.25. The molecule has 0 aliphatic rings. The second-order valence-electron chi connectivity index (χ2n) is 6.01. The van der Waals surface area contributed by atoms with Crippen LogP contribution in [0.1, 0.15) is 43.8 Å².